The quantitative estimate of drug-likeness (QED) is 0.835. The molecule has 0 aromatic heterocycles. The summed E-state index contributed by atoms with van der Waals surface area (Å²) in [5, 5.41) is 0. The van der Waals surface area contributed by atoms with Crippen molar-refractivity contribution in [3.8, 4) is 0 Å². The maximum atomic E-state index is 2.58. The lowest BCUT2D eigenvalue weighted by molar-refractivity contribution is 0.319. The summed E-state index contributed by atoms with van der Waals surface area (Å²) >= 11 is 0. The summed E-state index contributed by atoms with van der Waals surface area (Å²) in [6, 6.07) is 21.8. The van der Waals surface area contributed by atoms with E-state index in [2.05, 4.69) is 77.4 Å². The Morgan fingerprint density at radius 2 is 1.35 bits per heavy atom. The SMILES string of the molecule is C[C@@H]1CN(c2ccccc2)C[C@H]1[C@@H]1CCN(c2ccccc2)C1. The van der Waals surface area contributed by atoms with E-state index in [1.54, 1.807) is 0 Å². The van der Waals surface area contributed by atoms with Crippen LogP contribution < -0.4 is 9.80 Å². The molecule has 2 heterocycles. The second-order valence-electron chi connectivity index (χ2n) is 7.21. The predicted octanol–water partition coefficient (Wildman–Crippen LogP) is 4.29. The van der Waals surface area contributed by atoms with Gasteiger partial charge in [-0.05, 0) is 48.4 Å². The highest BCUT2D eigenvalue weighted by molar-refractivity contribution is 5.48. The van der Waals surface area contributed by atoms with Crippen molar-refractivity contribution in [3.63, 3.8) is 0 Å². The fourth-order valence-corrected chi connectivity index (χ4v) is 4.47. The molecule has 23 heavy (non-hydrogen) atoms. The van der Waals surface area contributed by atoms with Gasteiger partial charge in [0.1, 0.15) is 0 Å². The minimum Gasteiger partial charge on any atom is -0.371 e. The van der Waals surface area contributed by atoms with Crippen LogP contribution in [-0.4, -0.2) is 26.2 Å². The van der Waals surface area contributed by atoms with Crippen molar-refractivity contribution >= 4 is 11.4 Å². The predicted molar refractivity (Wildman–Crippen MR) is 98.1 cm³/mol. The Labute approximate surface area is 139 Å². The lowest BCUT2D eigenvalue weighted by atomic mass is 9.84. The molecule has 0 bridgehead atoms. The van der Waals surface area contributed by atoms with Crippen LogP contribution in [0.15, 0.2) is 60.7 Å². The Balaban J connectivity index is 1.43. The van der Waals surface area contributed by atoms with Crippen molar-refractivity contribution in [2.24, 2.45) is 17.8 Å². The van der Waals surface area contributed by atoms with Gasteiger partial charge >= 0.3 is 0 Å². The number of benzene rings is 2. The number of rotatable bonds is 3. The molecule has 2 aromatic rings. The molecule has 2 heteroatoms. The molecule has 0 saturated carbocycles. The van der Waals surface area contributed by atoms with Gasteiger partial charge in [-0.1, -0.05) is 43.3 Å². The zero-order valence-electron chi connectivity index (χ0n) is 13.9. The molecule has 0 aliphatic carbocycles. The molecular weight excluding hydrogens is 280 g/mol. The standard InChI is InChI=1S/C21H26N2/c1-17-14-23(20-10-6-3-7-11-20)16-21(17)18-12-13-22(15-18)19-8-4-2-5-9-19/h2-11,17-18,21H,12-16H2,1H3/t17-,18-,21-/m1/s1. The van der Waals surface area contributed by atoms with Crippen molar-refractivity contribution in [1.82, 2.24) is 0 Å². The van der Waals surface area contributed by atoms with E-state index in [1.165, 1.54) is 44.0 Å². The van der Waals surface area contributed by atoms with Gasteiger partial charge in [0.25, 0.3) is 0 Å². The largest absolute Gasteiger partial charge is 0.371 e. The number of nitrogens with zero attached hydrogens (tertiary/aromatic N) is 2. The molecule has 2 aromatic carbocycles. The molecule has 0 spiro atoms. The van der Waals surface area contributed by atoms with Gasteiger partial charge in [-0.25, -0.2) is 0 Å². The Morgan fingerprint density at radius 3 is 2.00 bits per heavy atom. The van der Waals surface area contributed by atoms with Crippen LogP contribution in [0, 0.1) is 17.8 Å². The molecule has 0 amide bonds. The third kappa shape index (κ3) is 2.95. The van der Waals surface area contributed by atoms with E-state index in [9.17, 15) is 0 Å². The summed E-state index contributed by atoms with van der Waals surface area (Å²) in [4.78, 5) is 5.16. The third-order valence-corrected chi connectivity index (χ3v) is 5.74. The molecule has 2 fully saturated rings. The maximum Gasteiger partial charge on any atom is 0.0366 e. The molecule has 0 unspecified atom stereocenters. The Hall–Kier alpha value is -1.96. The normalized spacial score (nSPS) is 27.6. The lowest BCUT2D eigenvalue weighted by Gasteiger charge is -2.24. The smallest absolute Gasteiger partial charge is 0.0366 e. The van der Waals surface area contributed by atoms with E-state index < -0.39 is 0 Å². The molecule has 4 rings (SSSR count). The highest BCUT2D eigenvalue weighted by Gasteiger charge is 2.38. The number of para-hydroxylation sites is 2. The zero-order chi connectivity index (χ0) is 15.6. The first kappa shape index (κ1) is 14.6. The van der Waals surface area contributed by atoms with Gasteiger partial charge in [-0.2, -0.15) is 0 Å². The summed E-state index contributed by atoms with van der Waals surface area (Å²) in [6.45, 7) is 7.30. The Morgan fingerprint density at radius 1 is 0.739 bits per heavy atom. The summed E-state index contributed by atoms with van der Waals surface area (Å²) < 4.78 is 0. The monoisotopic (exact) mass is 306 g/mol. The molecule has 0 N–H and O–H groups in total. The molecule has 0 radical (unpaired) electrons. The van der Waals surface area contributed by atoms with E-state index in [1.807, 2.05) is 0 Å². The molecule has 2 aliphatic rings. The fourth-order valence-electron chi connectivity index (χ4n) is 4.47. The highest BCUT2D eigenvalue weighted by Crippen LogP contribution is 2.37. The topological polar surface area (TPSA) is 6.48 Å². The van der Waals surface area contributed by atoms with E-state index in [0.717, 1.165) is 17.8 Å². The first-order valence-electron chi connectivity index (χ1n) is 8.91. The molecular formula is C21H26N2. The molecule has 3 atom stereocenters. The fraction of sp³-hybridized carbons (Fsp3) is 0.429. The van der Waals surface area contributed by atoms with E-state index >= 15 is 0 Å². The second-order valence-corrected chi connectivity index (χ2v) is 7.21. The van der Waals surface area contributed by atoms with Gasteiger partial charge in [0.15, 0.2) is 0 Å². The highest BCUT2D eigenvalue weighted by atomic mass is 15.2. The van der Waals surface area contributed by atoms with Crippen LogP contribution in [-0.2, 0) is 0 Å². The molecule has 2 aliphatic heterocycles. The molecule has 120 valence electrons. The first-order valence-corrected chi connectivity index (χ1v) is 8.91. The second kappa shape index (κ2) is 6.27. The van der Waals surface area contributed by atoms with Crippen LogP contribution >= 0.6 is 0 Å². The number of hydrogen-bond acceptors (Lipinski definition) is 2. The van der Waals surface area contributed by atoms with Gasteiger partial charge in [-0.3, -0.25) is 0 Å². The van der Waals surface area contributed by atoms with Crippen molar-refractivity contribution in [2.75, 3.05) is 36.0 Å². The van der Waals surface area contributed by atoms with Crippen LogP contribution in [0.25, 0.3) is 0 Å². The number of hydrogen-bond donors (Lipinski definition) is 0. The van der Waals surface area contributed by atoms with E-state index in [4.69, 9.17) is 0 Å². The maximum absolute atomic E-state index is 2.58. The van der Waals surface area contributed by atoms with Gasteiger partial charge in [-0.15, -0.1) is 0 Å². The van der Waals surface area contributed by atoms with E-state index in [0.29, 0.717) is 0 Å². The molecule has 2 saturated heterocycles. The minimum absolute atomic E-state index is 0.788. The van der Waals surface area contributed by atoms with Gasteiger partial charge < -0.3 is 9.80 Å². The lowest BCUT2D eigenvalue weighted by Crippen LogP contribution is -2.26. The zero-order valence-corrected chi connectivity index (χ0v) is 13.9. The summed E-state index contributed by atoms with van der Waals surface area (Å²) in [7, 11) is 0. The van der Waals surface area contributed by atoms with Gasteiger partial charge in [0, 0.05) is 37.6 Å². The third-order valence-electron chi connectivity index (χ3n) is 5.74. The van der Waals surface area contributed by atoms with Gasteiger partial charge in [0.2, 0.25) is 0 Å². The minimum atomic E-state index is 0.788. The average molecular weight is 306 g/mol. The Kier molecular flexibility index (Phi) is 3.99. The average Bonchev–Trinajstić information content (AvgIpc) is 3.23. The van der Waals surface area contributed by atoms with Crippen LogP contribution in [0.4, 0.5) is 11.4 Å². The first-order chi connectivity index (χ1) is 11.3. The summed E-state index contributed by atoms with van der Waals surface area (Å²) in [5.74, 6) is 2.44. The van der Waals surface area contributed by atoms with Crippen molar-refractivity contribution in [1.29, 1.82) is 0 Å². The van der Waals surface area contributed by atoms with Crippen LogP contribution in [0.2, 0.25) is 0 Å². The van der Waals surface area contributed by atoms with Crippen LogP contribution in [0.3, 0.4) is 0 Å². The summed E-state index contributed by atoms with van der Waals surface area (Å²) in [5.41, 5.74) is 2.78. The van der Waals surface area contributed by atoms with E-state index in [-0.39, 0.29) is 0 Å². The van der Waals surface area contributed by atoms with Crippen molar-refractivity contribution < 1.29 is 0 Å². The molecule has 2 nitrogen and oxygen atoms in total. The Bertz CT molecular complexity index is 625. The summed E-state index contributed by atoms with van der Waals surface area (Å²) in [6.07, 6.45) is 1.34. The van der Waals surface area contributed by atoms with Crippen LogP contribution in [0.1, 0.15) is 13.3 Å². The van der Waals surface area contributed by atoms with Crippen LogP contribution in [0.5, 0.6) is 0 Å². The van der Waals surface area contributed by atoms with Crippen molar-refractivity contribution in [3.05, 3.63) is 60.7 Å². The van der Waals surface area contributed by atoms with Crippen molar-refractivity contribution in [2.45, 2.75) is 13.3 Å². The van der Waals surface area contributed by atoms with Gasteiger partial charge in [0.05, 0.1) is 0 Å². The number of anilines is 2.